The van der Waals surface area contributed by atoms with Crippen LogP contribution in [0.25, 0.3) is 0 Å². The van der Waals surface area contributed by atoms with Gasteiger partial charge in [-0.2, -0.15) is 0 Å². The lowest BCUT2D eigenvalue weighted by Gasteiger charge is -2.35. The van der Waals surface area contributed by atoms with E-state index in [1.807, 2.05) is 0 Å². The molecule has 1 aromatic heterocycles. The maximum atomic E-state index is 13.1. The molecule has 0 bridgehead atoms. The van der Waals surface area contributed by atoms with Gasteiger partial charge in [0.25, 0.3) is 11.8 Å². The Morgan fingerprint density at radius 2 is 1.90 bits per heavy atom. The van der Waals surface area contributed by atoms with Gasteiger partial charge >= 0.3 is 0 Å². The first-order valence-corrected chi connectivity index (χ1v) is 9.77. The third-order valence-electron chi connectivity index (χ3n) is 5.13. The molecule has 0 aliphatic carbocycles. The highest BCUT2D eigenvalue weighted by atomic mass is 19.1. The lowest BCUT2D eigenvalue weighted by atomic mass is 9.88. The zero-order chi connectivity index (χ0) is 21.5. The largest absolute Gasteiger partial charge is 0.459 e. The first-order chi connectivity index (χ1) is 14.5. The van der Waals surface area contributed by atoms with Crippen LogP contribution in [-0.4, -0.2) is 48.3 Å². The minimum absolute atomic E-state index is 0.153. The van der Waals surface area contributed by atoms with E-state index in [1.165, 1.54) is 30.5 Å². The van der Waals surface area contributed by atoms with Crippen LogP contribution in [0.4, 0.5) is 4.39 Å². The molecule has 3 amide bonds. The molecule has 0 saturated carbocycles. The van der Waals surface area contributed by atoms with Crippen molar-refractivity contribution in [3.63, 3.8) is 0 Å². The minimum Gasteiger partial charge on any atom is -0.459 e. The molecular formula is C22H24FN3O4. The normalized spacial score (nSPS) is 15.3. The second-order valence-electron chi connectivity index (χ2n) is 7.10. The summed E-state index contributed by atoms with van der Waals surface area (Å²) >= 11 is 0. The fourth-order valence-electron chi connectivity index (χ4n) is 3.50. The van der Waals surface area contributed by atoms with Crippen molar-refractivity contribution >= 4 is 17.7 Å². The van der Waals surface area contributed by atoms with E-state index in [0.717, 1.165) is 0 Å². The van der Waals surface area contributed by atoms with E-state index in [2.05, 4.69) is 17.2 Å². The third kappa shape index (κ3) is 5.14. The lowest BCUT2D eigenvalue weighted by molar-refractivity contribution is -0.124. The van der Waals surface area contributed by atoms with Gasteiger partial charge in [-0.25, -0.2) is 4.39 Å². The number of halogens is 1. The molecule has 8 heteroatoms. The Hall–Kier alpha value is -3.42. The molecule has 1 atom stereocenters. The molecule has 30 heavy (non-hydrogen) atoms. The molecule has 1 aliphatic heterocycles. The summed E-state index contributed by atoms with van der Waals surface area (Å²) < 4.78 is 18.3. The van der Waals surface area contributed by atoms with Gasteiger partial charge in [-0.3, -0.25) is 14.4 Å². The van der Waals surface area contributed by atoms with Crippen LogP contribution in [0.1, 0.15) is 33.8 Å². The van der Waals surface area contributed by atoms with Crippen LogP contribution in [-0.2, 0) is 4.79 Å². The monoisotopic (exact) mass is 413 g/mol. The summed E-state index contributed by atoms with van der Waals surface area (Å²) in [7, 11) is 0. The van der Waals surface area contributed by atoms with Gasteiger partial charge in [0.05, 0.1) is 6.26 Å². The van der Waals surface area contributed by atoms with Crippen LogP contribution in [0, 0.1) is 11.7 Å². The molecular weight excluding hydrogens is 389 g/mol. The quantitative estimate of drug-likeness (QED) is 0.682. The first kappa shape index (κ1) is 21.3. The molecule has 7 nitrogen and oxygen atoms in total. The first-order valence-electron chi connectivity index (χ1n) is 9.77. The molecule has 2 N–H and O–H groups in total. The summed E-state index contributed by atoms with van der Waals surface area (Å²) in [6.07, 6.45) is 4.09. The van der Waals surface area contributed by atoms with Crippen LogP contribution >= 0.6 is 0 Å². The van der Waals surface area contributed by atoms with Gasteiger partial charge in [-0.15, -0.1) is 6.58 Å². The maximum absolute atomic E-state index is 13.1. The van der Waals surface area contributed by atoms with Crippen LogP contribution in [0.2, 0.25) is 0 Å². The number of piperidine rings is 1. The van der Waals surface area contributed by atoms with Gasteiger partial charge in [-0.1, -0.05) is 6.08 Å². The van der Waals surface area contributed by atoms with Gasteiger partial charge in [0.2, 0.25) is 5.91 Å². The van der Waals surface area contributed by atoms with E-state index in [1.54, 1.807) is 23.1 Å². The number of hydrogen-bond donors (Lipinski definition) is 2. The number of benzene rings is 1. The molecule has 158 valence electrons. The summed E-state index contributed by atoms with van der Waals surface area (Å²) in [6.45, 7) is 4.75. The Bertz CT molecular complexity index is 888. The van der Waals surface area contributed by atoms with Gasteiger partial charge in [0.1, 0.15) is 11.9 Å². The van der Waals surface area contributed by atoms with Crippen molar-refractivity contribution in [3.05, 3.63) is 72.5 Å². The highest BCUT2D eigenvalue weighted by molar-refractivity contribution is 5.97. The van der Waals surface area contributed by atoms with E-state index in [4.69, 9.17) is 4.42 Å². The molecule has 2 heterocycles. The predicted molar refractivity (Wildman–Crippen MR) is 108 cm³/mol. The molecule has 1 fully saturated rings. The minimum atomic E-state index is -0.775. The number of carbonyl (C=O) groups excluding carboxylic acids is 3. The third-order valence-corrected chi connectivity index (χ3v) is 5.13. The fourth-order valence-corrected chi connectivity index (χ4v) is 3.50. The summed E-state index contributed by atoms with van der Waals surface area (Å²) in [5.74, 6) is -1.29. The van der Waals surface area contributed by atoms with Gasteiger partial charge < -0.3 is 20.0 Å². The van der Waals surface area contributed by atoms with Crippen molar-refractivity contribution in [1.29, 1.82) is 0 Å². The SMILES string of the molecule is C=CCNC(=O)C(NC(=O)c1ccc(F)cc1)C1CCN(C(=O)c2ccco2)CC1. The van der Waals surface area contributed by atoms with Crippen molar-refractivity contribution in [2.24, 2.45) is 5.92 Å². The summed E-state index contributed by atoms with van der Waals surface area (Å²) in [6, 6.07) is 7.62. The van der Waals surface area contributed by atoms with Crippen LogP contribution in [0.15, 0.2) is 59.7 Å². The zero-order valence-corrected chi connectivity index (χ0v) is 16.5. The topological polar surface area (TPSA) is 91.7 Å². The molecule has 1 aromatic carbocycles. The van der Waals surface area contributed by atoms with E-state index in [-0.39, 0.29) is 35.6 Å². The summed E-state index contributed by atoms with van der Waals surface area (Å²) in [5, 5.41) is 5.50. The molecule has 0 radical (unpaired) electrons. The van der Waals surface area contributed by atoms with Crippen molar-refractivity contribution in [2.75, 3.05) is 19.6 Å². The number of hydrogen-bond acceptors (Lipinski definition) is 4. The molecule has 0 spiro atoms. The molecule has 1 unspecified atom stereocenters. The fraction of sp³-hybridized carbons (Fsp3) is 0.318. The molecule has 1 aliphatic rings. The maximum Gasteiger partial charge on any atom is 0.289 e. The lowest BCUT2D eigenvalue weighted by Crippen LogP contribution is -2.53. The van der Waals surface area contributed by atoms with Crippen LogP contribution in [0.3, 0.4) is 0 Å². The van der Waals surface area contributed by atoms with Crippen LogP contribution in [0.5, 0.6) is 0 Å². The van der Waals surface area contributed by atoms with Crippen molar-refractivity contribution in [1.82, 2.24) is 15.5 Å². The number of nitrogens with one attached hydrogen (secondary N) is 2. The number of amides is 3. The predicted octanol–water partition coefficient (Wildman–Crippen LogP) is 2.37. The van der Waals surface area contributed by atoms with E-state index < -0.39 is 17.8 Å². The van der Waals surface area contributed by atoms with E-state index in [9.17, 15) is 18.8 Å². The van der Waals surface area contributed by atoms with E-state index >= 15 is 0 Å². The molecule has 3 rings (SSSR count). The molecule has 2 aromatic rings. The van der Waals surface area contributed by atoms with Crippen molar-refractivity contribution in [3.8, 4) is 0 Å². The Balaban J connectivity index is 1.67. The van der Waals surface area contributed by atoms with Crippen LogP contribution < -0.4 is 10.6 Å². The standard InChI is InChI=1S/C22H24FN3O4/c1-2-11-24-21(28)19(25-20(27)16-5-7-17(23)8-6-16)15-9-12-26(13-10-15)22(29)18-4-3-14-30-18/h2-8,14-15,19H,1,9-13H2,(H,24,28)(H,25,27). The smallest absolute Gasteiger partial charge is 0.289 e. The number of likely N-dealkylation sites (tertiary alicyclic amines) is 1. The van der Waals surface area contributed by atoms with Gasteiger partial charge in [0.15, 0.2) is 5.76 Å². The number of rotatable bonds is 7. The second-order valence-corrected chi connectivity index (χ2v) is 7.10. The Labute approximate surface area is 173 Å². The highest BCUT2D eigenvalue weighted by Crippen LogP contribution is 2.23. The summed E-state index contributed by atoms with van der Waals surface area (Å²) in [4.78, 5) is 39.4. The highest BCUT2D eigenvalue weighted by Gasteiger charge is 2.34. The number of furan rings is 1. The van der Waals surface area contributed by atoms with Gasteiger partial charge in [-0.05, 0) is 55.2 Å². The average molecular weight is 413 g/mol. The van der Waals surface area contributed by atoms with Crippen molar-refractivity contribution in [2.45, 2.75) is 18.9 Å². The Morgan fingerprint density at radius 1 is 1.20 bits per heavy atom. The summed E-state index contributed by atoms with van der Waals surface area (Å²) in [5.41, 5.74) is 0.267. The second kappa shape index (κ2) is 9.87. The van der Waals surface area contributed by atoms with Gasteiger partial charge in [0, 0.05) is 25.2 Å². The number of carbonyl (C=O) groups is 3. The number of nitrogens with zero attached hydrogens (tertiary/aromatic N) is 1. The van der Waals surface area contributed by atoms with E-state index in [0.29, 0.717) is 25.9 Å². The average Bonchev–Trinajstić information content (AvgIpc) is 3.31. The zero-order valence-electron chi connectivity index (χ0n) is 16.5. The molecule has 1 saturated heterocycles. The van der Waals surface area contributed by atoms with Crippen molar-refractivity contribution < 1.29 is 23.2 Å². The Kier molecular flexibility index (Phi) is 7.00. The Morgan fingerprint density at radius 3 is 2.50 bits per heavy atom.